The van der Waals surface area contributed by atoms with Gasteiger partial charge in [0.05, 0.1) is 17.7 Å². The van der Waals surface area contributed by atoms with Crippen LogP contribution in [0.4, 0.5) is 4.39 Å². The second-order valence-electron chi connectivity index (χ2n) is 10.8. The number of benzene rings is 1. The normalized spacial score (nSPS) is 21.4. The smallest absolute Gasteiger partial charge is 0.257 e. The Balaban J connectivity index is 1.66. The quantitative estimate of drug-likeness (QED) is 0.608. The fraction of sp³-hybridized carbons (Fsp3) is 0.517. The summed E-state index contributed by atoms with van der Waals surface area (Å²) < 4.78 is 20.3. The molecule has 2 aliphatic rings. The molecule has 2 aliphatic heterocycles. The van der Waals surface area contributed by atoms with Gasteiger partial charge in [-0.05, 0) is 69.2 Å². The highest BCUT2D eigenvalue weighted by Gasteiger charge is 2.37. The zero-order chi connectivity index (χ0) is 28.3. The monoisotopic (exact) mass is 540 g/mol. The number of nitrogens with one attached hydrogen (secondary N) is 2. The van der Waals surface area contributed by atoms with Crippen molar-refractivity contribution >= 4 is 23.6 Å². The van der Waals surface area contributed by atoms with E-state index < -0.39 is 23.8 Å². The molecule has 4 amide bonds. The van der Waals surface area contributed by atoms with Gasteiger partial charge in [-0.1, -0.05) is 19.9 Å². The topological polar surface area (TPSA) is 112 Å². The van der Waals surface area contributed by atoms with Gasteiger partial charge in [0.25, 0.3) is 11.8 Å². The van der Waals surface area contributed by atoms with Crippen LogP contribution in [0.3, 0.4) is 0 Å². The third-order valence-electron chi connectivity index (χ3n) is 7.48. The Labute approximate surface area is 228 Å². The third kappa shape index (κ3) is 6.49. The van der Waals surface area contributed by atoms with Crippen LogP contribution in [0, 0.1) is 25.6 Å². The van der Waals surface area contributed by atoms with Crippen LogP contribution < -0.4 is 10.6 Å². The lowest BCUT2D eigenvalue weighted by Crippen LogP contribution is -2.54. The van der Waals surface area contributed by atoms with E-state index in [1.165, 1.54) is 21.9 Å². The Morgan fingerprint density at radius 2 is 1.90 bits per heavy atom. The zero-order valence-corrected chi connectivity index (χ0v) is 23.0. The predicted octanol–water partition coefficient (Wildman–Crippen LogP) is 2.99. The fourth-order valence-electron chi connectivity index (χ4n) is 5.25. The number of amides is 4. The van der Waals surface area contributed by atoms with Crippen LogP contribution in [0.2, 0.25) is 0 Å². The number of hydrogen-bond donors (Lipinski definition) is 2. The SMILES string of the molecule is Cc1cc(C(=O)N2CC(=O)NCCCc3ccc(F)c(c3)C(=O)N3CCC[C@H]3C(=O)N[C@H](C(C)C)C2)c(C)o1. The number of aryl methyl sites for hydroxylation is 3. The van der Waals surface area contributed by atoms with Gasteiger partial charge in [0.2, 0.25) is 11.8 Å². The van der Waals surface area contributed by atoms with Crippen LogP contribution in [0.25, 0.3) is 0 Å². The molecule has 4 rings (SSSR count). The standard InChI is InChI=1S/C29H37FN4O5/c1-17(2)24-15-33(28(37)21-13-18(3)39-19(21)4)16-26(35)31-11-5-7-20-9-10-23(30)22(14-20)29(38)34-12-6-8-25(34)27(36)32-24/h9-10,13-14,17,24-25H,5-8,11-12,15-16H2,1-4H3,(H,31,35)(H,32,36)/t24-,25-/m0/s1. The van der Waals surface area contributed by atoms with Crippen molar-refractivity contribution < 1.29 is 28.0 Å². The van der Waals surface area contributed by atoms with Crippen LogP contribution in [-0.4, -0.2) is 71.7 Å². The van der Waals surface area contributed by atoms with Gasteiger partial charge >= 0.3 is 0 Å². The van der Waals surface area contributed by atoms with E-state index >= 15 is 0 Å². The van der Waals surface area contributed by atoms with Gasteiger partial charge in [0, 0.05) is 25.7 Å². The first-order valence-corrected chi connectivity index (χ1v) is 13.6. The van der Waals surface area contributed by atoms with E-state index in [-0.39, 0.29) is 42.3 Å². The van der Waals surface area contributed by atoms with E-state index in [1.807, 2.05) is 13.8 Å². The highest BCUT2D eigenvalue weighted by Crippen LogP contribution is 2.24. The molecule has 3 heterocycles. The summed E-state index contributed by atoms with van der Waals surface area (Å²) in [6, 6.07) is 4.85. The van der Waals surface area contributed by atoms with E-state index in [2.05, 4.69) is 10.6 Å². The molecule has 0 unspecified atom stereocenters. The lowest BCUT2D eigenvalue weighted by Gasteiger charge is -2.32. The average Bonchev–Trinajstić information content (AvgIpc) is 3.51. The number of rotatable bonds is 2. The summed E-state index contributed by atoms with van der Waals surface area (Å²) in [5, 5.41) is 5.87. The Kier molecular flexibility index (Phi) is 8.72. The Morgan fingerprint density at radius 1 is 1.13 bits per heavy atom. The molecule has 1 aromatic carbocycles. The summed E-state index contributed by atoms with van der Waals surface area (Å²) in [5.41, 5.74) is 1.08. The maximum atomic E-state index is 14.7. The molecule has 210 valence electrons. The number of nitrogens with zero attached hydrogens (tertiary/aromatic N) is 2. The van der Waals surface area contributed by atoms with Gasteiger partial charge < -0.3 is 24.9 Å². The zero-order valence-electron chi connectivity index (χ0n) is 23.0. The maximum Gasteiger partial charge on any atom is 0.257 e. The number of hydrogen-bond acceptors (Lipinski definition) is 5. The molecule has 1 fully saturated rings. The van der Waals surface area contributed by atoms with Crippen molar-refractivity contribution in [2.75, 3.05) is 26.2 Å². The van der Waals surface area contributed by atoms with E-state index in [4.69, 9.17) is 4.42 Å². The van der Waals surface area contributed by atoms with Gasteiger partial charge in [-0.2, -0.15) is 0 Å². The Morgan fingerprint density at radius 3 is 2.59 bits per heavy atom. The van der Waals surface area contributed by atoms with Gasteiger partial charge in [-0.25, -0.2) is 4.39 Å². The fourth-order valence-corrected chi connectivity index (χ4v) is 5.25. The number of halogens is 1. The second kappa shape index (κ2) is 12.0. The molecule has 9 nitrogen and oxygen atoms in total. The van der Waals surface area contributed by atoms with Crippen LogP contribution >= 0.6 is 0 Å². The van der Waals surface area contributed by atoms with E-state index in [1.54, 1.807) is 26.0 Å². The number of carbonyl (C=O) groups is 4. The highest BCUT2D eigenvalue weighted by atomic mass is 19.1. The number of furan rings is 1. The molecular weight excluding hydrogens is 503 g/mol. The van der Waals surface area contributed by atoms with Crippen molar-refractivity contribution in [1.29, 1.82) is 0 Å². The van der Waals surface area contributed by atoms with Gasteiger partial charge in [0.15, 0.2) is 0 Å². The maximum absolute atomic E-state index is 14.7. The molecule has 10 heteroatoms. The average molecular weight is 541 g/mol. The molecule has 2 N–H and O–H groups in total. The van der Waals surface area contributed by atoms with Crippen LogP contribution in [0.1, 0.15) is 70.9 Å². The predicted molar refractivity (Wildman–Crippen MR) is 143 cm³/mol. The number of carbonyl (C=O) groups excluding carboxylic acids is 4. The van der Waals surface area contributed by atoms with Gasteiger partial charge in [0.1, 0.15) is 23.4 Å². The third-order valence-corrected chi connectivity index (χ3v) is 7.48. The summed E-state index contributed by atoms with van der Waals surface area (Å²) in [6.07, 6.45) is 2.18. The van der Waals surface area contributed by atoms with Crippen molar-refractivity contribution in [3.05, 3.63) is 58.3 Å². The highest BCUT2D eigenvalue weighted by molar-refractivity contribution is 5.99. The molecule has 0 spiro atoms. The van der Waals surface area contributed by atoms with E-state index in [9.17, 15) is 23.6 Å². The van der Waals surface area contributed by atoms with Gasteiger partial charge in [-0.3, -0.25) is 19.2 Å². The second-order valence-corrected chi connectivity index (χ2v) is 10.8. The molecule has 0 saturated carbocycles. The lowest BCUT2D eigenvalue weighted by molar-refractivity contribution is -0.126. The van der Waals surface area contributed by atoms with Crippen LogP contribution in [0.5, 0.6) is 0 Å². The number of fused-ring (bicyclic) bond motifs is 3. The first-order valence-electron chi connectivity index (χ1n) is 13.6. The largest absolute Gasteiger partial charge is 0.466 e. The molecule has 2 bridgehead atoms. The molecule has 39 heavy (non-hydrogen) atoms. The minimum absolute atomic E-state index is 0.0523. The summed E-state index contributed by atoms with van der Waals surface area (Å²) in [6.45, 7) is 7.90. The molecule has 1 aromatic heterocycles. The van der Waals surface area contributed by atoms with Crippen molar-refractivity contribution in [2.45, 2.75) is 65.5 Å². The summed E-state index contributed by atoms with van der Waals surface area (Å²) >= 11 is 0. The van der Waals surface area contributed by atoms with E-state index in [0.29, 0.717) is 55.9 Å². The van der Waals surface area contributed by atoms with Crippen molar-refractivity contribution in [1.82, 2.24) is 20.4 Å². The van der Waals surface area contributed by atoms with Crippen molar-refractivity contribution in [3.63, 3.8) is 0 Å². The summed E-state index contributed by atoms with van der Waals surface area (Å²) in [4.78, 5) is 56.2. The molecule has 0 aliphatic carbocycles. The minimum atomic E-state index is -0.747. The van der Waals surface area contributed by atoms with Gasteiger partial charge in [-0.15, -0.1) is 0 Å². The van der Waals surface area contributed by atoms with Crippen LogP contribution in [-0.2, 0) is 16.0 Å². The molecular formula is C29H37FN4O5. The molecule has 2 atom stereocenters. The summed E-state index contributed by atoms with van der Waals surface area (Å²) in [5.74, 6) is -1.20. The van der Waals surface area contributed by atoms with E-state index in [0.717, 1.165) is 5.56 Å². The summed E-state index contributed by atoms with van der Waals surface area (Å²) in [7, 11) is 0. The Bertz CT molecular complexity index is 1260. The lowest BCUT2D eigenvalue weighted by atomic mass is 10.0. The molecule has 0 radical (unpaired) electrons. The first-order chi connectivity index (χ1) is 18.5. The minimum Gasteiger partial charge on any atom is -0.466 e. The van der Waals surface area contributed by atoms with Crippen molar-refractivity contribution in [2.24, 2.45) is 5.92 Å². The molecule has 2 aromatic rings. The van der Waals surface area contributed by atoms with Crippen molar-refractivity contribution in [3.8, 4) is 0 Å². The van der Waals surface area contributed by atoms with Crippen LogP contribution in [0.15, 0.2) is 28.7 Å². The Hall–Kier alpha value is -3.69. The molecule has 1 saturated heterocycles. The first kappa shape index (κ1) is 28.3.